The number of hydrogen-bond donors (Lipinski definition) is 2. The van der Waals surface area contributed by atoms with Crippen LogP contribution in [0.4, 0.5) is 0 Å². The molecule has 16 heavy (non-hydrogen) atoms. The van der Waals surface area contributed by atoms with Crippen molar-refractivity contribution in [1.82, 2.24) is 14.5 Å². The Morgan fingerprint density at radius 1 is 1.44 bits per heavy atom. The number of nitrogens with one attached hydrogen (secondary N) is 1. The van der Waals surface area contributed by atoms with E-state index in [1.807, 2.05) is 19.9 Å². The second kappa shape index (κ2) is 3.77. The van der Waals surface area contributed by atoms with Crippen LogP contribution < -0.4 is 5.73 Å². The van der Waals surface area contributed by atoms with E-state index in [4.69, 9.17) is 11.1 Å². The Morgan fingerprint density at radius 3 is 2.75 bits per heavy atom. The zero-order chi connectivity index (χ0) is 11.7. The Hall–Kier alpha value is -2.17. The molecule has 0 saturated carbocycles. The first kappa shape index (κ1) is 10.4. The Morgan fingerprint density at radius 2 is 2.19 bits per heavy atom. The van der Waals surface area contributed by atoms with E-state index in [1.165, 1.54) is 0 Å². The van der Waals surface area contributed by atoms with Crippen molar-refractivity contribution in [2.45, 2.75) is 13.8 Å². The third-order valence-electron chi connectivity index (χ3n) is 2.34. The van der Waals surface area contributed by atoms with E-state index in [9.17, 15) is 0 Å². The van der Waals surface area contributed by atoms with Crippen molar-refractivity contribution in [3.8, 4) is 5.82 Å². The molecule has 0 aliphatic carbocycles. The number of rotatable bonds is 2. The van der Waals surface area contributed by atoms with Crippen molar-refractivity contribution in [2.24, 2.45) is 5.73 Å². The maximum atomic E-state index is 7.59. The van der Waals surface area contributed by atoms with Crippen LogP contribution in [0.2, 0.25) is 0 Å². The second-order valence-corrected chi connectivity index (χ2v) is 3.66. The fraction of sp³-hybridized carbons (Fsp3) is 0.182. The number of pyridine rings is 1. The number of nitrogens with zero attached hydrogens (tertiary/aromatic N) is 3. The van der Waals surface area contributed by atoms with E-state index in [1.54, 1.807) is 23.3 Å². The fourth-order valence-corrected chi connectivity index (χ4v) is 1.72. The van der Waals surface area contributed by atoms with Gasteiger partial charge in [0.25, 0.3) is 0 Å². The van der Waals surface area contributed by atoms with Gasteiger partial charge in [0.05, 0.1) is 5.56 Å². The summed E-state index contributed by atoms with van der Waals surface area (Å²) >= 11 is 0. The molecule has 2 aromatic rings. The lowest BCUT2D eigenvalue weighted by Gasteiger charge is -2.11. The molecule has 0 saturated heterocycles. The predicted molar refractivity (Wildman–Crippen MR) is 61.8 cm³/mol. The Balaban J connectivity index is 2.72. The standard InChI is InChI=1S/C11H13N5/c1-7-5-8(2)15-11(9(7)10(12)13)16-4-3-14-6-16/h3-6H,1-2H3,(H3,12,13). The molecule has 0 bridgehead atoms. The van der Waals surface area contributed by atoms with Crippen LogP contribution >= 0.6 is 0 Å². The molecule has 0 amide bonds. The molecule has 2 aromatic heterocycles. The average Bonchev–Trinajstić information content (AvgIpc) is 2.67. The molecule has 0 atom stereocenters. The summed E-state index contributed by atoms with van der Waals surface area (Å²) in [4.78, 5) is 8.37. The van der Waals surface area contributed by atoms with Crippen LogP contribution in [-0.2, 0) is 0 Å². The van der Waals surface area contributed by atoms with Gasteiger partial charge in [-0.1, -0.05) is 0 Å². The van der Waals surface area contributed by atoms with E-state index in [0.29, 0.717) is 11.4 Å². The quantitative estimate of drug-likeness (QED) is 0.582. The largest absolute Gasteiger partial charge is 0.384 e. The van der Waals surface area contributed by atoms with Gasteiger partial charge in [0.1, 0.15) is 18.0 Å². The minimum Gasteiger partial charge on any atom is -0.384 e. The maximum Gasteiger partial charge on any atom is 0.149 e. The van der Waals surface area contributed by atoms with Crippen LogP contribution in [0, 0.1) is 19.3 Å². The topological polar surface area (TPSA) is 80.6 Å². The summed E-state index contributed by atoms with van der Waals surface area (Å²) in [5.74, 6) is 0.677. The molecule has 0 radical (unpaired) electrons. The smallest absolute Gasteiger partial charge is 0.149 e. The number of aromatic nitrogens is 3. The van der Waals surface area contributed by atoms with Gasteiger partial charge in [-0.3, -0.25) is 9.98 Å². The summed E-state index contributed by atoms with van der Waals surface area (Å²) in [6.07, 6.45) is 5.10. The molecule has 3 N–H and O–H groups in total. The van der Waals surface area contributed by atoms with Crippen LogP contribution in [0.15, 0.2) is 24.8 Å². The highest BCUT2D eigenvalue weighted by Gasteiger charge is 2.12. The molecule has 0 aliphatic heterocycles. The summed E-state index contributed by atoms with van der Waals surface area (Å²) in [6.45, 7) is 3.84. The SMILES string of the molecule is Cc1cc(C)c(C(=N)N)c(-n2ccnc2)n1. The zero-order valence-corrected chi connectivity index (χ0v) is 9.23. The highest BCUT2D eigenvalue weighted by Crippen LogP contribution is 2.16. The molecule has 0 aliphatic rings. The number of imidazole rings is 1. The predicted octanol–water partition coefficient (Wildman–Crippen LogP) is 1.17. The van der Waals surface area contributed by atoms with Crippen molar-refractivity contribution in [1.29, 1.82) is 5.41 Å². The third-order valence-corrected chi connectivity index (χ3v) is 2.34. The first-order chi connectivity index (χ1) is 7.59. The molecule has 82 valence electrons. The van der Waals surface area contributed by atoms with Gasteiger partial charge in [0, 0.05) is 18.1 Å². The van der Waals surface area contributed by atoms with Crippen LogP contribution in [0.1, 0.15) is 16.8 Å². The molecule has 5 nitrogen and oxygen atoms in total. The van der Waals surface area contributed by atoms with Gasteiger partial charge < -0.3 is 5.73 Å². The number of hydrogen-bond acceptors (Lipinski definition) is 3. The molecule has 0 fully saturated rings. The van der Waals surface area contributed by atoms with Gasteiger partial charge in [-0.2, -0.15) is 0 Å². The first-order valence-corrected chi connectivity index (χ1v) is 4.90. The molecule has 0 aromatic carbocycles. The van der Waals surface area contributed by atoms with Crippen LogP contribution in [-0.4, -0.2) is 20.4 Å². The minimum absolute atomic E-state index is 0.0219. The lowest BCUT2D eigenvalue weighted by Crippen LogP contribution is -2.17. The monoisotopic (exact) mass is 215 g/mol. The van der Waals surface area contributed by atoms with Crippen LogP contribution in [0.5, 0.6) is 0 Å². The first-order valence-electron chi connectivity index (χ1n) is 4.90. The molecule has 2 heterocycles. The van der Waals surface area contributed by atoms with Gasteiger partial charge in [0.2, 0.25) is 0 Å². The van der Waals surface area contributed by atoms with Gasteiger partial charge in [0.15, 0.2) is 0 Å². The number of nitrogen functional groups attached to an aromatic ring is 1. The minimum atomic E-state index is 0.0219. The van der Waals surface area contributed by atoms with E-state index in [2.05, 4.69) is 9.97 Å². The number of nitrogens with two attached hydrogens (primary N) is 1. The third kappa shape index (κ3) is 1.67. The van der Waals surface area contributed by atoms with Gasteiger partial charge in [-0.15, -0.1) is 0 Å². The molecule has 0 unspecified atom stereocenters. The summed E-state index contributed by atoms with van der Waals surface area (Å²) in [7, 11) is 0. The lowest BCUT2D eigenvalue weighted by molar-refractivity contribution is 0.962. The molecule has 5 heteroatoms. The Kier molecular flexibility index (Phi) is 2.44. The normalized spacial score (nSPS) is 10.4. The molecule has 0 spiro atoms. The highest BCUT2D eigenvalue weighted by atomic mass is 15.1. The molecular weight excluding hydrogens is 202 g/mol. The Bertz CT molecular complexity index is 528. The van der Waals surface area contributed by atoms with Gasteiger partial charge >= 0.3 is 0 Å². The molecule has 2 rings (SSSR count). The van der Waals surface area contributed by atoms with E-state index < -0.39 is 0 Å². The van der Waals surface area contributed by atoms with E-state index in [-0.39, 0.29) is 5.84 Å². The number of amidine groups is 1. The van der Waals surface area contributed by atoms with Crippen molar-refractivity contribution in [3.63, 3.8) is 0 Å². The van der Waals surface area contributed by atoms with E-state index in [0.717, 1.165) is 11.3 Å². The summed E-state index contributed by atoms with van der Waals surface area (Å²) in [5.41, 5.74) is 8.08. The zero-order valence-electron chi connectivity index (χ0n) is 9.23. The van der Waals surface area contributed by atoms with Crippen molar-refractivity contribution in [3.05, 3.63) is 41.6 Å². The Labute approximate surface area is 93.5 Å². The lowest BCUT2D eigenvalue weighted by atomic mass is 10.1. The second-order valence-electron chi connectivity index (χ2n) is 3.66. The summed E-state index contributed by atoms with van der Waals surface area (Å²) < 4.78 is 1.76. The number of aryl methyl sites for hydroxylation is 2. The summed E-state index contributed by atoms with van der Waals surface area (Å²) in [6, 6.07) is 1.91. The van der Waals surface area contributed by atoms with Crippen molar-refractivity contribution in [2.75, 3.05) is 0 Å². The average molecular weight is 215 g/mol. The summed E-state index contributed by atoms with van der Waals surface area (Å²) in [5, 5.41) is 7.59. The van der Waals surface area contributed by atoms with Crippen molar-refractivity contribution >= 4 is 5.84 Å². The fourth-order valence-electron chi connectivity index (χ4n) is 1.72. The van der Waals surface area contributed by atoms with Crippen LogP contribution in [0.3, 0.4) is 0 Å². The van der Waals surface area contributed by atoms with Gasteiger partial charge in [-0.05, 0) is 25.5 Å². The van der Waals surface area contributed by atoms with Crippen molar-refractivity contribution < 1.29 is 0 Å². The molecular formula is C11H13N5. The van der Waals surface area contributed by atoms with Gasteiger partial charge in [-0.25, -0.2) is 9.97 Å². The maximum absolute atomic E-state index is 7.59. The highest BCUT2D eigenvalue weighted by molar-refractivity contribution is 5.99. The van der Waals surface area contributed by atoms with Crippen LogP contribution in [0.25, 0.3) is 5.82 Å². The van der Waals surface area contributed by atoms with E-state index >= 15 is 0 Å².